The predicted octanol–water partition coefficient (Wildman–Crippen LogP) is 4.29. The predicted molar refractivity (Wildman–Crippen MR) is 91.9 cm³/mol. The third kappa shape index (κ3) is 5.15. The summed E-state index contributed by atoms with van der Waals surface area (Å²) in [7, 11) is 0. The molecule has 0 aliphatic rings. The molecule has 1 aromatic carbocycles. The van der Waals surface area contributed by atoms with Crippen molar-refractivity contribution in [3.05, 3.63) is 35.1 Å². The minimum atomic E-state index is 0.262. The highest BCUT2D eigenvalue weighted by atomic mass is 35.5. The number of halogens is 1. The van der Waals surface area contributed by atoms with E-state index in [-0.39, 0.29) is 6.04 Å². The fraction of sp³-hybridized carbons (Fsp3) is 0.438. The van der Waals surface area contributed by atoms with E-state index in [0.29, 0.717) is 22.8 Å². The van der Waals surface area contributed by atoms with Crippen molar-refractivity contribution in [3.63, 3.8) is 0 Å². The molecule has 0 radical (unpaired) electrons. The molecule has 0 saturated heterocycles. The number of aromatic nitrogens is 3. The first-order valence-electron chi connectivity index (χ1n) is 7.46. The van der Waals surface area contributed by atoms with Gasteiger partial charge in [-0.2, -0.15) is 15.0 Å². The van der Waals surface area contributed by atoms with Gasteiger partial charge in [-0.05, 0) is 44.0 Å². The third-order valence-corrected chi connectivity index (χ3v) is 3.04. The van der Waals surface area contributed by atoms with E-state index in [2.05, 4.69) is 53.3 Å². The SMILES string of the molecule is CC(C)Cc1nc(Nc2ccc(Cl)cc2)nc(NC(C)C)n1. The van der Waals surface area contributed by atoms with Gasteiger partial charge < -0.3 is 10.6 Å². The summed E-state index contributed by atoms with van der Waals surface area (Å²) in [6, 6.07) is 7.70. The van der Waals surface area contributed by atoms with Crippen molar-refractivity contribution in [3.8, 4) is 0 Å². The van der Waals surface area contributed by atoms with Gasteiger partial charge in [-0.25, -0.2) is 0 Å². The molecule has 0 aliphatic heterocycles. The van der Waals surface area contributed by atoms with Gasteiger partial charge in [0.05, 0.1) is 0 Å². The van der Waals surface area contributed by atoms with E-state index in [1.165, 1.54) is 0 Å². The molecule has 0 bridgehead atoms. The average Bonchev–Trinajstić information content (AvgIpc) is 2.39. The molecular weight excluding hydrogens is 298 g/mol. The molecule has 118 valence electrons. The van der Waals surface area contributed by atoms with E-state index < -0.39 is 0 Å². The highest BCUT2D eigenvalue weighted by Gasteiger charge is 2.09. The molecule has 2 aromatic rings. The molecule has 0 spiro atoms. The van der Waals surface area contributed by atoms with Crippen LogP contribution in [0.2, 0.25) is 5.02 Å². The summed E-state index contributed by atoms with van der Waals surface area (Å²) in [5, 5.41) is 7.13. The van der Waals surface area contributed by atoms with Crippen LogP contribution in [0.15, 0.2) is 24.3 Å². The maximum absolute atomic E-state index is 5.90. The summed E-state index contributed by atoms with van der Waals surface area (Å²) in [6.07, 6.45) is 0.810. The van der Waals surface area contributed by atoms with E-state index >= 15 is 0 Å². The molecule has 6 heteroatoms. The second kappa shape index (κ2) is 7.40. The molecule has 1 aromatic heterocycles. The molecule has 0 amide bonds. The van der Waals surface area contributed by atoms with Crippen LogP contribution in [0.4, 0.5) is 17.6 Å². The Morgan fingerprint density at radius 3 is 2.18 bits per heavy atom. The summed E-state index contributed by atoms with van der Waals surface area (Å²) in [5.41, 5.74) is 0.890. The van der Waals surface area contributed by atoms with Gasteiger partial charge in [-0.3, -0.25) is 0 Å². The molecule has 1 heterocycles. The highest BCUT2D eigenvalue weighted by molar-refractivity contribution is 6.30. The Bertz CT molecular complexity index is 582. The first-order valence-corrected chi connectivity index (χ1v) is 7.84. The second-order valence-electron chi connectivity index (χ2n) is 5.93. The zero-order valence-electron chi connectivity index (χ0n) is 13.4. The zero-order valence-corrected chi connectivity index (χ0v) is 14.1. The lowest BCUT2D eigenvalue weighted by molar-refractivity contribution is 0.618. The smallest absolute Gasteiger partial charge is 0.232 e. The van der Waals surface area contributed by atoms with Gasteiger partial charge in [0.25, 0.3) is 0 Å². The number of nitrogens with zero attached hydrogens (tertiary/aromatic N) is 3. The molecule has 5 nitrogen and oxygen atoms in total. The van der Waals surface area contributed by atoms with Crippen LogP contribution in [0, 0.1) is 5.92 Å². The van der Waals surface area contributed by atoms with Crippen molar-refractivity contribution in [1.29, 1.82) is 0 Å². The first-order chi connectivity index (χ1) is 10.4. The van der Waals surface area contributed by atoms with Crippen LogP contribution in [0.25, 0.3) is 0 Å². The van der Waals surface area contributed by atoms with Crippen LogP contribution in [0.1, 0.15) is 33.5 Å². The number of anilines is 3. The van der Waals surface area contributed by atoms with Crippen molar-refractivity contribution in [1.82, 2.24) is 15.0 Å². The lowest BCUT2D eigenvalue weighted by Crippen LogP contribution is -2.16. The van der Waals surface area contributed by atoms with Gasteiger partial charge in [-0.1, -0.05) is 25.4 Å². The normalized spacial score (nSPS) is 11.0. The topological polar surface area (TPSA) is 62.7 Å². The number of benzene rings is 1. The molecule has 22 heavy (non-hydrogen) atoms. The number of hydrogen-bond acceptors (Lipinski definition) is 5. The summed E-state index contributed by atoms with van der Waals surface area (Å²) in [4.78, 5) is 13.4. The van der Waals surface area contributed by atoms with Crippen LogP contribution in [-0.2, 0) is 6.42 Å². The maximum atomic E-state index is 5.90. The molecule has 2 N–H and O–H groups in total. The van der Waals surface area contributed by atoms with E-state index in [1.807, 2.05) is 24.3 Å². The quantitative estimate of drug-likeness (QED) is 0.831. The van der Waals surface area contributed by atoms with Crippen LogP contribution < -0.4 is 10.6 Å². The van der Waals surface area contributed by atoms with Gasteiger partial charge in [0, 0.05) is 23.2 Å². The van der Waals surface area contributed by atoms with E-state index in [9.17, 15) is 0 Å². The number of nitrogens with one attached hydrogen (secondary N) is 2. The molecule has 2 rings (SSSR count). The van der Waals surface area contributed by atoms with E-state index in [4.69, 9.17) is 11.6 Å². The Morgan fingerprint density at radius 1 is 0.955 bits per heavy atom. The standard InChI is InChI=1S/C16H22ClN5/c1-10(2)9-14-20-15(18-11(3)4)22-16(21-14)19-13-7-5-12(17)6-8-13/h5-8,10-11H,9H2,1-4H3,(H2,18,19,20,21,22). The van der Waals surface area contributed by atoms with Crippen LogP contribution in [0.3, 0.4) is 0 Å². The van der Waals surface area contributed by atoms with Gasteiger partial charge in [0.1, 0.15) is 5.82 Å². The molecule has 0 atom stereocenters. The van der Waals surface area contributed by atoms with E-state index in [0.717, 1.165) is 17.9 Å². The summed E-state index contributed by atoms with van der Waals surface area (Å²) < 4.78 is 0. The highest BCUT2D eigenvalue weighted by Crippen LogP contribution is 2.18. The lowest BCUT2D eigenvalue weighted by Gasteiger charge is -2.13. The van der Waals surface area contributed by atoms with Crippen molar-refractivity contribution >= 4 is 29.2 Å². The summed E-state index contributed by atoms with van der Waals surface area (Å²) >= 11 is 5.90. The fourth-order valence-corrected chi connectivity index (χ4v) is 2.04. The first kappa shape index (κ1) is 16.5. The van der Waals surface area contributed by atoms with Gasteiger partial charge in [-0.15, -0.1) is 0 Å². The average molecular weight is 320 g/mol. The summed E-state index contributed by atoms with van der Waals surface area (Å²) in [5.74, 6) is 2.40. The monoisotopic (exact) mass is 319 g/mol. The van der Waals surface area contributed by atoms with Gasteiger partial charge in [0.15, 0.2) is 0 Å². The van der Waals surface area contributed by atoms with Crippen LogP contribution in [0.5, 0.6) is 0 Å². The Labute approximate surface area is 136 Å². The second-order valence-corrected chi connectivity index (χ2v) is 6.36. The van der Waals surface area contributed by atoms with Crippen molar-refractivity contribution in [2.45, 2.75) is 40.2 Å². The number of rotatable bonds is 6. The molecule has 0 saturated carbocycles. The van der Waals surface area contributed by atoms with Crippen molar-refractivity contribution in [2.24, 2.45) is 5.92 Å². The minimum Gasteiger partial charge on any atom is -0.352 e. The molecule has 0 unspecified atom stereocenters. The third-order valence-electron chi connectivity index (χ3n) is 2.79. The van der Waals surface area contributed by atoms with Gasteiger partial charge >= 0.3 is 0 Å². The van der Waals surface area contributed by atoms with Crippen molar-refractivity contribution in [2.75, 3.05) is 10.6 Å². The largest absolute Gasteiger partial charge is 0.352 e. The van der Waals surface area contributed by atoms with Crippen LogP contribution in [-0.4, -0.2) is 21.0 Å². The molecular formula is C16H22ClN5. The Morgan fingerprint density at radius 2 is 1.59 bits per heavy atom. The van der Waals surface area contributed by atoms with E-state index in [1.54, 1.807) is 0 Å². The maximum Gasteiger partial charge on any atom is 0.232 e. The summed E-state index contributed by atoms with van der Waals surface area (Å²) in [6.45, 7) is 8.40. The molecule has 0 aliphatic carbocycles. The molecule has 0 fully saturated rings. The van der Waals surface area contributed by atoms with Crippen molar-refractivity contribution < 1.29 is 0 Å². The lowest BCUT2D eigenvalue weighted by atomic mass is 10.1. The fourth-order valence-electron chi connectivity index (χ4n) is 1.92. The van der Waals surface area contributed by atoms with Crippen LogP contribution >= 0.6 is 11.6 Å². The Balaban J connectivity index is 2.25. The zero-order chi connectivity index (χ0) is 16.1. The Kier molecular flexibility index (Phi) is 5.55. The Hall–Kier alpha value is -1.88. The number of hydrogen-bond donors (Lipinski definition) is 2. The van der Waals surface area contributed by atoms with Gasteiger partial charge in [0.2, 0.25) is 11.9 Å². The minimum absolute atomic E-state index is 0.262.